The highest BCUT2D eigenvalue weighted by molar-refractivity contribution is 14.1. The lowest BCUT2D eigenvalue weighted by atomic mass is 10.0. The number of halogens is 1. The van der Waals surface area contributed by atoms with E-state index >= 15 is 0 Å². The van der Waals surface area contributed by atoms with Crippen LogP contribution in [0.25, 0.3) is 10.8 Å². The molecule has 116 valence electrons. The van der Waals surface area contributed by atoms with Gasteiger partial charge in [-0.2, -0.15) is 0 Å². The highest BCUT2D eigenvalue weighted by atomic mass is 127. The van der Waals surface area contributed by atoms with Crippen LogP contribution in [0.1, 0.15) is 5.56 Å². The molecule has 0 unspecified atom stereocenters. The van der Waals surface area contributed by atoms with Crippen molar-refractivity contribution in [3.8, 4) is 5.75 Å². The van der Waals surface area contributed by atoms with Crippen molar-refractivity contribution in [2.24, 2.45) is 0 Å². The molecule has 0 aliphatic carbocycles. The van der Waals surface area contributed by atoms with Crippen LogP contribution in [0.5, 0.6) is 5.75 Å². The molecule has 0 radical (unpaired) electrons. The normalized spacial score (nSPS) is 10.5. The summed E-state index contributed by atoms with van der Waals surface area (Å²) in [5.41, 5.74) is 1.10. The first-order chi connectivity index (χ1) is 11.2. The summed E-state index contributed by atoms with van der Waals surface area (Å²) in [6, 6.07) is 21.9. The van der Waals surface area contributed by atoms with Crippen LogP contribution in [0.3, 0.4) is 0 Å². The fourth-order valence-electron chi connectivity index (χ4n) is 2.37. The van der Waals surface area contributed by atoms with E-state index in [1.807, 2.05) is 48.5 Å². The van der Waals surface area contributed by atoms with E-state index in [1.54, 1.807) is 0 Å². The van der Waals surface area contributed by atoms with Crippen LogP contribution >= 0.6 is 22.6 Å². The van der Waals surface area contributed by atoms with Crippen molar-refractivity contribution >= 4 is 39.3 Å². The van der Waals surface area contributed by atoms with Gasteiger partial charge in [0.15, 0.2) is 6.61 Å². The van der Waals surface area contributed by atoms with Crippen LogP contribution < -0.4 is 10.1 Å². The Morgan fingerprint density at radius 3 is 2.52 bits per heavy atom. The third-order valence-corrected chi connectivity index (χ3v) is 4.26. The van der Waals surface area contributed by atoms with Crippen molar-refractivity contribution in [3.63, 3.8) is 0 Å². The van der Waals surface area contributed by atoms with Gasteiger partial charge in [-0.1, -0.05) is 42.5 Å². The van der Waals surface area contributed by atoms with Gasteiger partial charge in [-0.3, -0.25) is 4.79 Å². The number of fused-ring (bicyclic) bond motifs is 1. The Morgan fingerprint density at radius 1 is 0.957 bits per heavy atom. The van der Waals surface area contributed by atoms with Crippen LogP contribution in [0.2, 0.25) is 0 Å². The molecule has 0 bridgehead atoms. The Balaban J connectivity index is 1.57. The largest absolute Gasteiger partial charge is 0.484 e. The molecule has 3 aromatic rings. The van der Waals surface area contributed by atoms with Crippen molar-refractivity contribution in [3.05, 3.63) is 75.9 Å². The van der Waals surface area contributed by atoms with E-state index in [2.05, 4.69) is 46.1 Å². The van der Waals surface area contributed by atoms with E-state index in [0.29, 0.717) is 12.3 Å². The van der Waals surface area contributed by atoms with Crippen LogP contribution in [0.4, 0.5) is 0 Å². The summed E-state index contributed by atoms with van der Waals surface area (Å²) in [5, 5.41) is 5.24. The van der Waals surface area contributed by atoms with E-state index in [9.17, 15) is 4.79 Å². The zero-order chi connectivity index (χ0) is 16.1. The number of amides is 1. The van der Waals surface area contributed by atoms with Gasteiger partial charge in [0.05, 0.1) is 0 Å². The molecule has 0 fully saturated rings. The molecule has 3 nitrogen and oxygen atoms in total. The van der Waals surface area contributed by atoms with E-state index in [1.165, 1.54) is 5.39 Å². The summed E-state index contributed by atoms with van der Waals surface area (Å²) >= 11 is 2.23. The van der Waals surface area contributed by atoms with Crippen LogP contribution in [0, 0.1) is 3.57 Å². The number of hydrogen-bond donors (Lipinski definition) is 1. The van der Waals surface area contributed by atoms with Gasteiger partial charge in [0.2, 0.25) is 0 Å². The Hall–Kier alpha value is -2.08. The zero-order valence-electron chi connectivity index (χ0n) is 12.5. The molecule has 4 heteroatoms. The molecule has 3 rings (SSSR count). The summed E-state index contributed by atoms with van der Waals surface area (Å²) in [6.45, 7) is 0.515. The van der Waals surface area contributed by atoms with Gasteiger partial charge in [0.25, 0.3) is 5.91 Å². The number of benzene rings is 3. The first-order valence-corrected chi connectivity index (χ1v) is 8.42. The van der Waals surface area contributed by atoms with E-state index in [-0.39, 0.29) is 12.5 Å². The maximum Gasteiger partial charge on any atom is 0.258 e. The Kier molecular flexibility index (Phi) is 5.12. The number of hydrogen-bond acceptors (Lipinski definition) is 2. The lowest BCUT2D eigenvalue weighted by molar-refractivity contribution is -0.123. The van der Waals surface area contributed by atoms with Crippen molar-refractivity contribution in [2.75, 3.05) is 6.61 Å². The Morgan fingerprint density at radius 2 is 1.70 bits per heavy atom. The Labute approximate surface area is 148 Å². The van der Waals surface area contributed by atoms with E-state index in [4.69, 9.17) is 4.74 Å². The van der Waals surface area contributed by atoms with Crippen LogP contribution in [-0.2, 0) is 11.3 Å². The molecule has 0 saturated carbocycles. The number of carbonyl (C=O) groups is 1. The van der Waals surface area contributed by atoms with Crippen LogP contribution in [0.15, 0.2) is 66.7 Å². The molecule has 0 spiro atoms. The topological polar surface area (TPSA) is 38.3 Å². The van der Waals surface area contributed by atoms with Gasteiger partial charge >= 0.3 is 0 Å². The molecule has 0 aliphatic rings. The molecule has 1 N–H and O–H groups in total. The molecular weight excluding hydrogens is 401 g/mol. The van der Waals surface area contributed by atoms with Gasteiger partial charge in [0.1, 0.15) is 5.75 Å². The van der Waals surface area contributed by atoms with E-state index < -0.39 is 0 Å². The summed E-state index contributed by atoms with van der Waals surface area (Å²) in [6.07, 6.45) is 0. The van der Waals surface area contributed by atoms with Gasteiger partial charge in [-0.25, -0.2) is 0 Å². The molecule has 1 amide bonds. The maximum absolute atomic E-state index is 12.0. The monoisotopic (exact) mass is 417 g/mol. The number of ether oxygens (including phenoxy) is 1. The van der Waals surface area contributed by atoms with Gasteiger partial charge in [-0.05, 0) is 63.2 Å². The standard InChI is InChI=1S/C19H16INO2/c20-16-8-10-17(11-9-16)23-13-19(22)21-12-15-6-3-5-14-4-1-2-7-18(14)15/h1-11H,12-13H2,(H,21,22). The number of carbonyl (C=O) groups excluding carboxylic acids is 1. The lowest BCUT2D eigenvalue weighted by Gasteiger charge is -2.09. The second-order valence-corrected chi connectivity index (χ2v) is 6.40. The molecule has 0 atom stereocenters. The van der Waals surface area contributed by atoms with Crippen molar-refractivity contribution in [1.29, 1.82) is 0 Å². The summed E-state index contributed by atoms with van der Waals surface area (Å²) in [5.74, 6) is 0.571. The highest BCUT2D eigenvalue weighted by Gasteiger charge is 2.05. The summed E-state index contributed by atoms with van der Waals surface area (Å²) < 4.78 is 6.62. The molecule has 0 aromatic heterocycles. The first-order valence-electron chi connectivity index (χ1n) is 7.34. The second kappa shape index (κ2) is 7.46. The third-order valence-electron chi connectivity index (χ3n) is 3.54. The average Bonchev–Trinajstić information content (AvgIpc) is 2.59. The fraction of sp³-hybridized carbons (Fsp3) is 0.105. The minimum Gasteiger partial charge on any atom is -0.484 e. The first kappa shape index (κ1) is 15.8. The molecule has 0 heterocycles. The fourth-order valence-corrected chi connectivity index (χ4v) is 2.73. The quantitative estimate of drug-likeness (QED) is 0.634. The predicted molar refractivity (Wildman–Crippen MR) is 100 cm³/mol. The summed E-state index contributed by atoms with van der Waals surface area (Å²) in [7, 11) is 0. The molecule has 23 heavy (non-hydrogen) atoms. The van der Waals surface area contributed by atoms with Crippen molar-refractivity contribution in [1.82, 2.24) is 5.32 Å². The highest BCUT2D eigenvalue weighted by Crippen LogP contribution is 2.18. The van der Waals surface area contributed by atoms with Gasteiger partial charge < -0.3 is 10.1 Å². The third kappa shape index (κ3) is 4.22. The minimum absolute atomic E-state index is 0.0192. The zero-order valence-corrected chi connectivity index (χ0v) is 14.6. The van der Waals surface area contributed by atoms with Crippen molar-refractivity contribution in [2.45, 2.75) is 6.54 Å². The predicted octanol–water partition coefficient (Wildman–Crippen LogP) is 4.14. The maximum atomic E-state index is 12.0. The summed E-state index contributed by atoms with van der Waals surface area (Å²) in [4.78, 5) is 12.0. The lowest BCUT2D eigenvalue weighted by Crippen LogP contribution is -2.28. The smallest absolute Gasteiger partial charge is 0.258 e. The van der Waals surface area contributed by atoms with Gasteiger partial charge in [-0.15, -0.1) is 0 Å². The van der Waals surface area contributed by atoms with Gasteiger partial charge in [0, 0.05) is 10.1 Å². The van der Waals surface area contributed by atoms with Crippen LogP contribution in [-0.4, -0.2) is 12.5 Å². The molecular formula is C19H16INO2. The van der Waals surface area contributed by atoms with E-state index in [0.717, 1.165) is 14.5 Å². The van der Waals surface area contributed by atoms with Crippen molar-refractivity contribution < 1.29 is 9.53 Å². The SMILES string of the molecule is O=C(COc1ccc(I)cc1)NCc1cccc2ccccc12. The minimum atomic E-state index is -0.128. The number of nitrogens with one attached hydrogen (secondary N) is 1. The molecule has 0 aliphatic heterocycles. The average molecular weight is 417 g/mol. The second-order valence-electron chi connectivity index (χ2n) is 5.16. The Bertz CT molecular complexity index is 810. The molecule has 3 aromatic carbocycles. The molecule has 0 saturated heterocycles. The number of rotatable bonds is 5.